The largest absolute Gasteiger partial charge is 0.486 e. The molecule has 0 bridgehead atoms. The van der Waals surface area contributed by atoms with E-state index in [1.54, 1.807) is 0 Å². The summed E-state index contributed by atoms with van der Waals surface area (Å²) in [6, 6.07) is 17.5. The Morgan fingerprint density at radius 1 is 0.864 bits per heavy atom. The second-order valence-electron chi connectivity index (χ2n) is 9.77. The number of ether oxygens (including phenoxy) is 1. The second kappa shape index (κ2) is 14.7. The van der Waals surface area contributed by atoms with Crippen molar-refractivity contribution in [1.82, 2.24) is 34.8 Å². The standard InChI is InChI=1S/C17H18F3NO.C13H12F2N6O/c1-21-12-11-16(13-5-3-2-4-6-13)22-15-9-7-14(8-10-15)17(18,19)20;14-10-1-2-11(12(15)3-10)13(22,4-20-8-16-6-18-20)5-21-9-17-7-19-21/h2-10,16,21H,11-12H2,1H3;1-3,6-9,22H,4-5H2. The lowest BCUT2D eigenvalue weighted by atomic mass is 9.93. The van der Waals surface area contributed by atoms with Crippen molar-refractivity contribution in [2.45, 2.75) is 37.4 Å². The van der Waals surface area contributed by atoms with E-state index in [0.29, 0.717) is 5.75 Å². The van der Waals surface area contributed by atoms with Gasteiger partial charge in [0.1, 0.15) is 54.4 Å². The Labute approximate surface area is 250 Å². The van der Waals surface area contributed by atoms with Gasteiger partial charge in [0.15, 0.2) is 0 Å². The molecule has 0 spiro atoms. The first-order valence-corrected chi connectivity index (χ1v) is 13.4. The highest BCUT2D eigenvalue weighted by Crippen LogP contribution is 2.32. The van der Waals surface area contributed by atoms with Crippen LogP contribution in [0, 0.1) is 11.6 Å². The van der Waals surface area contributed by atoms with Crippen molar-refractivity contribution in [1.29, 1.82) is 0 Å². The molecule has 2 N–H and O–H groups in total. The average molecular weight is 616 g/mol. The molecule has 2 heterocycles. The molecule has 2 aromatic heterocycles. The highest BCUT2D eigenvalue weighted by molar-refractivity contribution is 5.30. The van der Waals surface area contributed by atoms with Crippen LogP contribution in [0.25, 0.3) is 0 Å². The van der Waals surface area contributed by atoms with Crippen molar-refractivity contribution >= 4 is 0 Å². The fraction of sp³-hybridized carbons (Fsp3) is 0.267. The summed E-state index contributed by atoms with van der Waals surface area (Å²) in [4.78, 5) is 7.57. The Balaban J connectivity index is 0.000000201. The van der Waals surface area contributed by atoms with E-state index >= 15 is 0 Å². The number of hydrogen-bond acceptors (Lipinski definition) is 7. The summed E-state index contributed by atoms with van der Waals surface area (Å²) in [5, 5.41) is 21.8. The van der Waals surface area contributed by atoms with Crippen LogP contribution in [0.5, 0.6) is 5.75 Å². The molecule has 0 aliphatic rings. The molecule has 5 rings (SSSR count). The van der Waals surface area contributed by atoms with Crippen molar-refractivity contribution in [2.75, 3.05) is 13.6 Å². The van der Waals surface area contributed by atoms with Crippen LogP contribution in [0.3, 0.4) is 0 Å². The SMILES string of the molecule is CNCCC(Oc1ccc(C(F)(F)F)cc1)c1ccccc1.OC(Cn1cncn1)(Cn1cncn1)c1ccc(F)cc1F. The number of halogens is 5. The number of hydrogen-bond donors (Lipinski definition) is 2. The van der Waals surface area contributed by atoms with Gasteiger partial charge in [0.2, 0.25) is 0 Å². The predicted molar refractivity (Wildman–Crippen MR) is 150 cm³/mol. The third kappa shape index (κ3) is 8.91. The molecule has 0 aliphatic carbocycles. The highest BCUT2D eigenvalue weighted by Gasteiger charge is 2.34. The number of aliphatic hydroxyl groups is 1. The highest BCUT2D eigenvalue weighted by atomic mass is 19.4. The van der Waals surface area contributed by atoms with Crippen molar-refractivity contribution in [3.63, 3.8) is 0 Å². The molecule has 1 atom stereocenters. The van der Waals surface area contributed by atoms with Gasteiger partial charge in [-0.1, -0.05) is 36.4 Å². The van der Waals surface area contributed by atoms with Crippen LogP contribution in [0.1, 0.15) is 29.2 Å². The van der Waals surface area contributed by atoms with Gasteiger partial charge >= 0.3 is 6.18 Å². The Hall–Kier alpha value is -4.69. The zero-order valence-electron chi connectivity index (χ0n) is 23.6. The van der Waals surface area contributed by atoms with Gasteiger partial charge in [0.05, 0.1) is 18.7 Å². The van der Waals surface area contributed by atoms with Crippen LogP contribution in [0.2, 0.25) is 0 Å². The number of nitrogens with zero attached hydrogens (tertiary/aromatic N) is 6. The number of nitrogens with one attached hydrogen (secondary N) is 1. The Kier molecular flexibility index (Phi) is 10.7. The van der Waals surface area contributed by atoms with E-state index in [-0.39, 0.29) is 24.8 Å². The number of benzene rings is 3. The fourth-order valence-corrected chi connectivity index (χ4v) is 4.38. The maximum atomic E-state index is 14.1. The maximum absolute atomic E-state index is 14.1. The Bertz CT molecular complexity index is 1510. The van der Waals surface area contributed by atoms with E-state index in [1.807, 2.05) is 37.4 Å². The van der Waals surface area contributed by atoms with Crippen LogP contribution in [0.15, 0.2) is 98.1 Å². The lowest BCUT2D eigenvalue weighted by Gasteiger charge is -2.28. The summed E-state index contributed by atoms with van der Waals surface area (Å²) in [6.07, 6.45) is 1.59. The molecule has 0 aliphatic heterocycles. The van der Waals surface area contributed by atoms with Gasteiger partial charge in [-0.05, 0) is 49.5 Å². The topological polar surface area (TPSA) is 103 Å². The van der Waals surface area contributed by atoms with Crippen LogP contribution >= 0.6 is 0 Å². The van der Waals surface area contributed by atoms with E-state index in [2.05, 4.69) is 25.5 Å². The van der Waals surface area contributed by atoms with Crippen molar-refractivity contribution in [3.05, 3.63) is 126 Å². The van der Waals surface area contributed by atoms with Crippen molar-refractivity contribution in [2.24, 2.45) is 0 Å². The molecule has 0 radical (unpaired) electrons. The molecule has 232 valence electrons. The van der Waals surface area contributed by atoms with E-state index in [0.717, 1.165) is 42.8 Å². The third-order valence-corrected chi connectivity index (χ3v) is 6.50. The summed E-state index contributed by atoms with van der Waals surface area (Å²) in [5.41, 5.74) is -1.43. The Morgan fingerprint density at radius 3 is 1.98 bits per heavy atom. The van der Waals surface area contributed by atoms with Gasteiger partial charge in [-0.15, -0.1) is 0 Å². The van der Waals surface area contributed by atoms with Crippen LogP contribution < -0.4 is 10.1 Å². The molecule has 14 heteroatoms. The molecule has 0 saturated heterocycles. The summed E-state index contributed by atoms with van der Waals surface area (Å²) in [6.45, 7) is 0.602. The minimum atomic E-state index is -4.33. The van der Waals surface area contributed by atoms with Gasteiger partial charge in [0.25, 0.3) is 0 Å². The molecular weight excluding hydrogens is 585 g/mol. The predicted octanol–water partition coefficient (Wildman–Crippen LogP) is 5.17. The Morgan fingerprint density at radius 2 is 1.48 bits per heavy atom. The number of rotatable bonds is 11. The van der Waals surface area contributed by atoms with Gasteiger partial charge in [-0.2, -0.15) is 23.4 Å². The first-order valence-electron chi connectivity index (χ1n) is 13.4. The summed E-state index contributed by atoms with van der Waals surface area (Å²) in [5.74, 6) is -1.13. The average Bonchev–Trinajstić information content (AvgIpc) is 3.70. The quantitative estimate of drug-likeness (QED) is 0.198. The second-order valence-corrected chi connectivity index (χ2v) is 9.77. The third-order valence-electron chi connectivity index (χ3n) is 6.50. The first kappa shape index (κ1) is 32.2. The summed E-state index contributed by atoms with van der Waals surface area (Å²) < 4.78 is 73.5. The van der Waals surface area contributed by atoms with Crippen LogP contribution in [0.4, 0.5) is 22.0 Å². The monoisotopic (exact) mass is 615 g/mol. The van der Waals surface area contributed by atoms with E-state index in [4.69, 9.17) is 4.74 Å². The molecule has 3 aromatic carbocycles. The van der Waals surface area contributed by atoms with Crippen molar-refractivity contribution < 1.29 is 31.8 Å². The number of alkyl halides is 3. The molecule has 5 aromatic rings. The van der Waals surface area contributed by atoms with E-state index in [1.165, 1.54) is 52.9 Å². The van der Waals surface area contributed by atoms with Gasteiger partial charge in [0, 0.05) is 18.1 Å². The zero-order valence-corrected chi connectivity index (χ0v) is 23.6. The fourth-order valence-electron chi connectivity index (χ4n) is 4.38. The lowest BCUT2D eigenvalue weighted by Crippen LogP contribution is -2.37. The van der Waals surface area contributed by atoms with E-state index in [9.17, 15) is 27.1 Å². The lowest BCUT2D eigenvalue weighted by molar-refractivity contribution is -0.137. The normalized spacial score (nSPS) is 12.3. The maximum Gasteiger partial charge on any atom is 0.416 e. The molecule has 9 nitrogen and oxygen atoms in total. The molecule has 0 saturated carbocycles. The van der Waals surface area contributed by atoms with Gasteiger partial charge < -0.3 is 15.2 Å². The summed E-state index contributed by atoms with van der Waals surface area (Å²) >= 11 is 0. The van der Waals surface area contributed by atoms with Crippen molar-refractivity contribution in [3.8, 4) is 5.75 Å². The molecular formula is C30H30F5N7O2. The summed E-state index contributed by atoms with van der Waals surface area (Å²) in [7, 11) is 1.85. The number of aromatic nitrogens is 6. The molecule has 44 heavy (non-hydrogen) atoms. The van der Waals surface area contributed by atoms with Gasteiger partial charge in [-0.3, -0.25) is 0 Å². The van der Waals surface area contributed by atoms with E-state index < -0.39 is 29.0 Å². The zero-order chi connectivity index (χ0) is 31.6. The first-order chi connectivity index (χ1) is 21.1. The minimum absolute atomic E-state index is 0.0556. The minimum Gasteiger partial charge on any atom is -0.486 e. The van der Waals surface area contributed by atoms with Gasteiger partial charge in [-0.25, -0.2) is 28.1 Å². The molecule has 0 amide bonds. The van der Waals surface area contributed by atoms with Crippen LogP contribution in [-0.4, -0.2) is 48.2 Å². The smallest absolute Gasteiger partial charge is 0.416 e. The molecule has 1 unspecified atom stereocenters. The molecule has 0 fully saturated rings. The van der Waals surface area contributed by atoms with Crippen LogP contribution in [-0.2, 0) is 24.9 Å².